The molecule has 0 spiro atoms. The van der Waals surface area contributed by atoms with E-state index in [1.165, 1.54) is 11.1 Å². The van der Waals surface area contributed by atoms with Crippen LogP contribution in [0, 0.1) is 6.92 Å². The number of hydrogen-bond donors (Lipinski definition) is 2. The van der Waals surface area contributed by atoms with Gasteiger partial charge in [0.15, 0.2) is 0 Å². The highest BCUT2D eigenvalue weighted by Gasteiger charge is 2.05. The Morgan fingerprint density at radius 1 is 1.33 bits per heavy atom. The van der Waals surface area contributed by atoms with Crippen molar-refractivity contribution in [2.45, 2.75) is 12.8 Å². The van der Waals surface area contributed by atoms with Crippen molar-refractivity contribution in [3.63, 3.8) is 0 Å². The molecule has 1 unspecified atom stereocenters. The minimum absolute atomic E-state index is 0.397. The average molecular weight is 181 g/mol. The lowest BCUT2D eigenvalue weighted by molar-refractivity contribution is 0.787. The van der Waals surface area contributed by atoms with E-state index in [9.17, 15) is 0 Å². The van der Waals surface area contributed by atoms with Crippen LogP contribution in [0.15, 0.2) is 24.3 Å². The van der Waals surface area contributed by atoms with Crippen molar-refractivity contribution in [1.82, 2.24) is 0 Å². The zero-order chi connectivity index (χ0) is 8.97. The van der Waals surface area contributed by atoms with Crippen molar-refractivity contribution in [1.29, 1.82) is 0 Å². The third-order valence-electron chi connectivity index (χ3n) is 2.05. The van der Waals surface area contributed by atoms with Crippen LogP contribution in [0.5, 0.6) is 0 Å². The molecule has 0 aliphatic heterocycles. The standard InChI is InChI=1S/C10H15NS/c1-8-2-4-9(5-3-8)10(6-11)7-12/h2-5,10,12H,6-7,11H2,1H3. The van der Waals surface area contributed by atoms with E-state index in [0.29, 0.717) is 12.5 Å². The predicted molar refractivity (Wildman–Crippen MR) is 56.8 cm³/mol. The highest BCUT2D eigenvalue weighted by molar-refractivity contribution is 7.80. The van der Waals surface area contributed by atoms with Crippen molar-refractivity contribution in [2.24, 2.45) is 5.73 Å². The van der Waals surface area contributed by atoms with E-state index in [2.05, 4.69) is 43.8 Å². The van der Waals surface area contributed by atoms with Crippen LogP contribution in [-0.4, -0.2) is 12.3 Å². The topological polar surface area (TPSA) is 26.0 Å². The van der Waals surface area contributed by atoms with Crippen molar-refractivity contribution < 1.29 is 0 Å². The molecule has 12 heavy (non-hydrogen) atoms. The van der Waals surface area contributed by atoms with Crippen LogP contribution < -0.4 is 5.73 Å². The van der Waals surface area contributed by atoms with Gasteiger partial charge in [0.05, 0.1) is 0 Å². The number of aryl methyl sites for hydroxylation is 1. The molecule has 0 amide bonds. The summed E-state index contributed by atoms with van der Waals surface area (Å²) in [6.07, 6.45) is 0. The highest BCUT2D eigenvalue weighted by atomic mass is 32.1. The Kier molecular flexibility index (Phi) is 3.63. The lowest BCUT2D eigenvalue weighted by atomic mass is 10.0. The van der Waals surface area contributed by atoms with Crippen LogP contribution in [0.1, 0.15) is 17.0 Å². The summed E-state index contributed by atoms with van der Waals surface area (Å²) in [7, 11) is 0. The van der Waals surface area contributed by atoms with Gasteiger partial charge >= 0.3 is 0 Å². The van der Waals surface area contributed by atoms with Gasteiger partial charge in [-0.3, -0.25) is 0 Å². The maximum atomic E-state index is 5.60. The highest BCUT2D eigenvalue weighted by Crippen LogP contribution is 2.16. The maximum absolute atomic E-state index is 5.60. The summed E-state index contributed by atoms with van der Waals surface area (Å²) < 4.78 is 0. The van der Waals surface area contributed by atoms with Gasteiger partial charge in [-0.2, -0.15) is 12.6 Å². The lowest BCUT2D eigenvalue weighted by Crippen LogP contribution is -2.13. The van der Waals surface area contributed by atoms with E-state index in [1.54, 1.807) is 0 Å². The van der Waals surface area contributed by atoms with Crippen LogP contribution in [0.3, 0.4) is 0 Å². The van der Waals surface area contributed by atoms with Gasteiger partial charge in [-0.25, -0.2) is 0 Å². The fraction of sp³-hybridized carbons (Fsp3) is 0.400. The minimum atomic E-state index is 0.397. The van der Waals surface area contributed by atoms with Crippen molar-refractivity contribution >= 4 is 12.6 Å². The first kappa shape index (κ1) is 9.62. The molecular weight excluding hydrogens is 166 g/mol. The number of thiol groups is 1. The molecule has 0 fully saturated rings. The van der Waals surface area contributed by atoms with Crippen LogP contribution >= 0.6 is 12.6 Å². The summed E-state index contributed by atoms with van der Waals surface area (Å²) in [5, 5.41) is 0. The first-order valence-corrected chi connectivity index (χ1v) is 4.78. The van der Waals surface area contributed by atoms with Gasteiger partial charge in [0.2, 0.25) is 0 Å². The summed E-state index contributed by atoms with van der Waals surface area (Å²) in [6.45, 7) is 2.76. The summed E-state index contributed by atoms with van der Waals surface area (Å²) in [5.41, 5.74) is 8.18. The third kappa shape index (κ3) is 2.26. The summed E-state index contributed by atoms with van der Waals surface area (Å²) in [4.78, 5) is 0. The molecule has 2 heteroatoms. The summed E-state index contributed by atoms with van der Waals surface area (Å²) in [5.74, 6) is 1.22. The molecule has 66 valence electrons. The molecule has 1 aromatic rings. The number of nitrogens with two attached hydrogens (primary N) is 1. The molecule has 0 saturated heterocycles. The normalized spacial score (nSPS) is 12.9. The van der Waals surface area contributed by atoms with E-state index in [0.717, 1.165) is 5.75 Å². The Hall–Kier alpha value is -0.470. The minimum Gasteiger partial charge on any atom is -0.330 e. The molecule has 1 aromatic carbocycles. The Bertz CT molecular complexity index is 226. The smallest absolute Gasteiger partial charge is 0.00494 e. The largest absolute Gasteiger partial charge is 0.330 e. The number of benzene rings is 1. The van der Waals surface area contributed by atoms with Crippen LogP contribution in [0.25, 0.3) is 0 Å². The van der Waals surface area contributed by atoms with E-state index < -0.39 is 0 Å². The van der Waals surface area contributed by atoms with Crippen molar-refractivity contribution in [2.75, 3.05) is 12.3 Å². The Morgan fingerprint density at radius 3 is 2.33 bits per heavy atom. The summed E-state index contributed by atoms with van der Waals surface area (Å²) >= 11 is 4.25. The molecule has 1 atom stereocenters. The molecule has 2 N–H and O–H groups in total. The monoisotopic (exact) mass is 181 g/mol. The average Bonchev–Trinajstić information content (AvgIpc) is 2.10. The molecule has 0 aromatic heterocycles. The molecule has 0 bridgehead atoms. The molecule has 0 aliphatic carbocycles. The van der Waals surface area contributed by atoms with Gasteiger partial charge in [0.1, 0.15) is 0 Å². The summed E-state index contributed by atoms with van der Waals surface area (Å²) in [6, 6.07) is 8.48. The van der Waals surface area contributed by atoms with Gasteiger partial charge in [0.25, 0.3) is 0 Å². The molecular formula is C10H15NS. The first-order chi connectivity index (χ1) is 5.77. The predicted octanol–water partition coefficient (Wildman–Crippen LogP) is 1.97. The SMILES string of the molecule is Cc1ccc(C(CN)CS)cc1. The van der Waals surface area contributed by atoms with Gasteiger partial charge in [-0.05, 0) is 24.8 Å². The van der Waals surface area contributed by atoms with Crippen LogP contribution in [0.2, 0.25) is 0 Å². The number of rotatable bonds is 3. The second-order valence-corrected chi connectivity index (χ2v) is 3.39. The molecule has 0 saturated carbocycles. The molecule has 1 nitrogen and oxygen atoms in total. The fourth-order valence-corrected chi connectivity index (χ4v) is 1.51. The second-order valence-electron chi connectivity index (χ2n) is 3.03. The Labute approximate surface area is 79.4 Å². The quantitative estimate of drug-likeness (QED) is 0.685. The molecule has 1 rings (SSSR count). The van der Waals surface area contributed by atoms with Gasteiger partial charge in [-0.15, -0.1) is 0 Å². The Morgan fingerprint density at radius 2 is 1.92 bits per heavy atom. The van der Waals surface area contributed by atoms with Crippen LogP contribution in [-0.2, 0) is 0 Å². The van der Waals surface area contributed by atoms with E-state index >= 15 is 0 Å². The van der Waals surface area contributed by atoms with E-state index in [4.69, 9.17) is 5.73 Å². The third-order valence-corrected chi connectivity index (χ3v) is 2.49. The fourth-order valence-electron chi connectivity index (χ4n) is 1.15. The second kappa shape index (κ2) is 4.53. The lowest BCUT2D eigenvalue weighted by Gasteiger charge is -2.11. The maximum Gasteiger partial charge on any atom is 0.00494 e. The zero-order valence-electron chi connectivity index (χ0n) is 7.33. The Balaban J connectivity index is 2.80. The molecule has 0 heterocycles. The van der Waals surface area contributed by atoms with Gasteiger partial charge < -0.3 is 5.73 Å². The van der Waals surface area contributed by atoms with E-state index in [1.807, 2.05) is 0 Å². The van der Waals surface area contributed by atoms with Gasteiger partial charge in [-0.1, -0.05) is 29.8 Å². The molecule has 0 aliphatic rings. The zero-order valence-corrected chi connectivity index (χ0v) is 8.22. The molecule has 0 radical (unpaired) electrons. The first-order valence-electron chi connectivity index (χ1n) is 4.15. The van der Waals surface area contributed by atoms with Gasteiger partial charge in [0, 0.05) is 5.92 Å². The van der Waals surface area contributed by atoms with E-state index in [-0.39, 0.29) is 0 Å². The van der Waals surface area contributed by atoms with Crippen molar-refractivity contribution in [3.05, 3.63) is 35.4 Å². The van der Waals surface area contributed by atoms with Crippen LogP contribution in [0.4, 0.5) is 0 Å². The number of hydrogen-bond acceptors (Lipinski definition) is 2. The van der Waals surface area contributed by atoms with Crippen molar-refractivity contribution in [3.8, 4) is 0 Å².